The number of non-ortho nitro benzene ring substituents is 1. The van der Waals surface area contributed by atoms with E-state index in [2.05, 4.69) is 10.1 Å². The van der Waals surface area contributed by atoms with Crippen LogP contribution in [-0.4, -0.2) is 27.7 Å². The first-order chi connectivity index (χ1) is 13.0. The van der Waals surface area contributed by atoms with Crippen LogP contribution in [0.25, 0.3) is 5.69 Å². The summed E-state index contributed by atoms with van der Waals surface area (Å²) in [6, 6.07) is 11.9. The maximum atomic E-state index is 10.8. The minimum atomic E-state index is -0.425. The zero-order valence-corrected chi connectivity index (χ0v) is 14.7. The summed E-state index contributed by atoms with van der Waals surface area (Å²) in [5.41, 5.74) is 4.04. The minimum Gasteiger partial charge on any atom is -0.454 e. The molecule has 1 aromatic heterocycles. The molecule has 3 aromatic rings. The Labute approximate surface area is 154 Å². The SMILES string of the molecule is Cc1nn(-c2ccc([N+](=O)[O-])cc2)c(C)c1N=Cc1ccc2c(c1)OCO2. The normalized spacial score (nSPS) is 12.7. The number of aliphatic imine (C=N–C) groups is 1. The summed E-state index contributed by atoms with van der Waals surface area (Å²) in [5.74, 6) is 1.43. The number of hydrogen-bond donors (Lipinski definition) is 0. The molecule has 8 nitrogen and oxygen atoms in total. The lowest BCUT2D eigenvalue weighted by atomic mass is 10.2. The van der Waals surface area contributed by atoms with Gasteiger partial charge in [-0.25, -0.2) is 4.68 Å². The molecule has 0 atom stereocenters. The van der Waals surface area contributed by atoms with Crippen LogP contribution < -0.4 is 9.47 Å². The second-order valence-electron chi connectivity index (χ2n) is 6.08. The van der Waals surface area contributed by atoms with Gasteiger partial charge in [-0.05, 0) is 49.7 Å². The van der Waals surface area contributed by atoms with E-state index in [-0.39, 0.29) is 12.5 Å². The quantitative estimate of drug-likeness (QED) is 0.398. The van der Waals surface area contributed by atoms with Crippen LogP contribution in [0.2, 0.25) is 0 Å². The lowest BCUT2D eigenvalue weighted by molar-refractivity contribution is -0.384. The molecule has 4 rings (SSSR count). The molecule has 0 amide bonds. The Morgan fingerprint density at radius 3 is 2.63 bits per heavy atom. The van der Waals surface area contributed by atoms with Crippen LogP contribution in [0, 0.1) is 24.0 Å². The largest absolute Gasteiger partial charge is 0.454 e. The fourth-order valence-electron chi connectivity index (χ4n) is 2.92. The van der Waals surface area contributed by atoms with Crippen molar-refractivity contribution in [2.45, 2.75) is 13.8 Å². The second-order valence-corrected chi connectivity index (χ2v) is 6.08. The molecular formula is C19H16N4O4. The summed E-state index contributed by atoms with van der Waals surface area (Å²) < 4.78 is 12.4. The van der Waals surface area contributed by atoms with E-state index in [0.29, 0.717) is 5.75 Å². The van der Waals surface area contributed by atoms with Crippen molar-refractivity contribution in [2.24, 2.45) is 4.99 Å². The fraction of sp³-hybridized carbons (Fsp3) is 0.158. The van der Waals surface area contributed by atoms with Crippen LogP contribution in [0.1, 0.15) is 17.0 Å². The molecule has 136 valence electrons. The van der Waals surface area contributed by atoms with Gasteiger partial charge in [-0.1, -0.05) is 0 Å². The van der Waals surface area contributed by atoms with Crippen molar-refractivity contribution in [3.8, 4) is 17.2 Å². The number of nitro benzene ring substituents is 1. The molecule has 0 N–H and O–H groups in total. The van der Waals surface area contributed by atoms with E-state index in [9.17, 15) is 10.1 Å². The standard InChI is InChI=1S/C19H16N4O4/c1-12-19(20-10-14-3-8-17-18(9-14)27-11-26-17)13(2)22(21-12)15-4-6-16(7-5-15)23(24)25/h3-10H,11H2,1-2H3. The average Bonchev–Trinajstić information content (AvgIpc) is 3.24. The molecule has 0 saturated heterocycles. The van der Waals surface area contributed by atoms with Gasteiger partial charge in [0.05, 0.1) is 22.0 Å². The predicted molar refractivity (Wildman–Crippen MR) is 99.5 cm³/mol. The molecular weight excluding hydrogens is 348 g/mol. The van der Waals surface area contributed by atoms with Crippen LogP contribution in [0.5, 0.6) is 11.5 Å². The first kappa shape index (κ1) is 16.8. The molecule has 1 aliphatic rings. The molecule has 0 spiro atoms. The third-order valence-corrected chi connectivity index (χ3v) is 4.30. The highest BCUT2D eigenvalue weighted by Gasteiger charge is 2.15. The van der Waals surface area contributed by atoms with Crippen molar-refractivity contribution in [3.05, 3.63) is 69.5 Å². The Morgan fingerprint density at radius 2 is 1.89 bits per heavy atom. The fourth-order valence-corrected chi connectivity index (χ4v) is 2.92. The zero-order valence-electron chi connectivity index (χ0n) is 14.7. The van der Waals surface area contributed by atoms with Crippen LogP contribution in [0.15, 0.2) is 47.5 Å². The number of aryl methyl sites for hydroxylation is 1. The van der Waals surface area contributed by atoms with E-state index in [1.165, 1.54) is 12.1 Å². The number of nitrogens with zero attached hydrogens (tertiary/aromatic N) is 4. The molecule has 0 bridgehead atoms. The molecule has 0 radical (unpaired) electrons. The van der Waals surface area contributed by atoms with Gasteiger partial charge in [-0.2, -0.15) is 5.10 Å². The number of hydrogen-bond acceptors (Lipinski definition) is 6. The van der Waals surface area contributed by atoms with Gasteiger partial charge >= 0.3 is 0 Å². The maximum Gasteiger partial charge on any atom is 0.269 e. The summed E-state index contributed by atoms with van der Waals surface area (Å²) in [6.07, 6.45) is 1.75. The van der Waals surface area contributed by atoms with Gasteiger partial charge in [0.1, 0.15) is 5.69 Å². The van der Waals surface area contributed by atoms with Gasteiger partial charge < -0.3 is 9.47 Å². The van der Waals surface area contributed by atoms with Crippen molar-refractivity contribution in [2.75, 3.05) is 6.79 Å². The molecule has 27 heavy (non-hydrogen) atoms. The van der Waals surface area contributed by atoms with Gasteiger partial charge in [-0.15, -0.1) is 0 Å². The Balaban J connectivity index is 1.63. The minimum absolute atomic E-state index is 0.0429. The Kier molecular flexibility index (Phi) is 4.08. The van der Waals surface area contributed by atoms with Crippen LogP contribution in [0.3, 0.4) is 0 Å². The summed E-state index contributed by atoms with van der Waals surface area (Å²) >= 11 is 0. The van der Waals surface area contributed by atoms with Gasteiger partial charge in [0, 0.05) is 18.3 Å². The Bertz CT molecular complexity index is 1050. The van der Waals surface area contributed by atoms with Crippen molar-refractivity contribution in [3.63, 3.8) is 0 Å². The van der Waals surface area contributed by atoms with E-state index in [1.54, 1.807) is 23.0 Å². The van der Waals surface area contributed by atoms with Gasteiger partial charge in [-0.3, -0.25) is 15.1 Å². The number of aromatic nitrogens is 2. The van der Waals surface area contributed by atoms with Crippen LogP contribution in [-0.2, 0) is 0 Å². The monoisotopic (exact) mass is 364 g/mol. The highest BCUT2D eigenvalue weighted by atomic mass is 16.7. The van der Waals surface area contributed by atoms with Crippen molar-refractivity contribution < 1.29 is 14.4 Å². The van der Waals surface area contributed by atoms with E-state index in [0.717, 1.165) is 34.1 Å². The first-order valence-electron chi connectivity index (χ1n) is 8.28. The molecule has 8 heteroatoms. The predicted octanol–water partition coefficient (Wildman–Crippen LogP) is 3.88. The first-order valence-corrected chi connectivity index (χ1v) is 8.28. The molecule has 0 saturated carbocycles. The Morgan fingerprint density at radius 1 is 1.15 bits per heavy atom. The lowest BCUT2D eigenvalue weighted by Crippen LogP contribution is -1.99. The van der Waals surface area contributed by atoms with E-state index >= 15 is 0 Å². The van der Waals surface area contributed by atoms with E-state index in [1.807, 2.05) is 32.0 Å². The number of nitro groups is 1. The molecule has 0 unspecified atom stereocenters. The summed E-state index contributed by atoms with van der Waals surface area (Å²) in [5, 5.41) is 15.3. The van der Waals surface area contributed by atoms with Crippen molar-refractivity contribution >= 4 is 17.6 Å². The molecule has 2 aromatic carbocycles. The molecule has 1 aliphatic heterocycles. The number of benzene rings is 2. The topological polar surface area (TPSA) is 91.8 Å². The van der Waals surface area contributed by atoms with Crippen LogP contribution >= 0.6 is 0 Å². The zero-order chi connectivity index (χ0) is 19.0. The van der Waals surface area contributed by atoms with Crippen LogP contribution in [0.4, 0.5) is 11.4 Å². The third-order valence-electron chi connectivity index (χ3n) is 4.30. The average molecular weight is 364 g/mol. The smallest absolute Gasteiger partial charge is 0.269 e. The Hall–Kier alpha value is -3.68. The number of fused-ring (bicyclic) bond motifs is 1. The van der Waals surface area contributed by atoms with Crippen molar-refractivity contribution in [1.82, 2.24) is 9.78 Å². The third kappa shape index (κ3) is 3.12. The van der Waals surface area contributed by atoms with Crippen molar-refractivity contribution in [1.29, 1.82) is 0 Å². The summed E-state index contributed by atoms with van der Waals surface area (Å²) in [4.78, 5) is 15.0. The molecule has 0 aliphatic carbocycles. The molecule has 0 fully saturated rings. The maximum absolute atomic E-state index is 10.8. The van der Waals surface area contributed by atoms with Gasteiger partial charge in [0.2, 0.25) is 6.79 Å². The number of ether oxygens (including phenoxy) is 2. The number of rotatable bonds is 4. The van der Waals surface area contributed by atoms with E-state index < -0.39 is 4.92 Å². The summed E-state index contributed by atoms with van der Waals surface area (Å²) in [7, 11) is 0. The molecule has 2 heterocycles. The second kappa shape index (κ2) is 6.56. The van der Waals surface area contributed by atoms with Gasteiger partial charge in [0.15, 0.2) is 11.5 Å². The van der Waals surface area contributed by atoms with E-state index in [4.69, 9.17) is 9.47 Å². The highest BCUT2D eigenvalue weighted by Crippen LogP contribution is 2.32. The van der Waals surface area contributed by atoms with Gasteiger partial charge in [0.25, 0.3) is 5.69 Å². The summed E-state index contributed by atoms with van der Waals surface area (Å²) in [6.45, 7) is 4.02. The lowest BCUT2D eigenvalue weighted by Gasteiger charge is -2.04. The highest BCUT2D eigenvalue weighted by molar-refractivity contribution is 5.83.